The molecule has 2 aromatic rings. The van der Waals surface area contributed by atoms with Gasteiger partial charge in [-0.05, 0) is 54.4 Å². The molecule has 1 N–H and O–H groups in total. The van der Waals surface area contributed by atoms with E-state index in [0.717, 1.165) is 19.3 Å². The van der Waals surface area contributed by atoms with E-state index in [4.69, 9.17) is 14.2 Å². The molecule has 6 nitrogen and oxygen atoms in total. The molecule has 6 rings (SSSR count). The molecule has 2 unspecified atom stereocenters. The van der Waals surface area contributed by atoms with Gasteiger partial charge in [0.15, 0.2) is 6.29 Å². The number of amides is 1. The van der Waals surface area contributed by atoms with E-state index in [1.165, 1.54) is 22.3 Å². The van der Waals surface area contributed by atoms with Gasteiger partial charge in [-0.2, -0.15) is 0 Å². The van der Waals surface area contributed by atoms with E-state index in [2.05, 4.69) is 36.4 Å². The van der Waals surface area contributed by atoms with Crippen LogP contribution in [-0.4, -0.2) is 59.9 Å². The molecule has 1 aliphatic carbocycles. The summed E-state index contributed by atoms with van der Waals surface area (Å²) in [6, 6.07) is 16.8. The average Bonchev–Trinajstić information content (AvgIpc) is 3.42. The van der Waals surface area contributed by atoms with Gasteiger partial charge in [-0.15, -0.1) is 0 Å². The Kier molecular flexibility index (Phi) is 5.40. The maximum Gasteiger partial charge on any atom is 0.410 e. The second kappa shape index (κ2) is 8.42. The third kappa shape index (κ3) is 3.84. The van der Waals surface area contributed by atoms with Crippen LogP contribution < -0.4 is 0 Å². The highest BCUT2D eigenvalue weighted by molar-refractivity contribution is 5.79. The maximum absolute atomic E-state index is 13.3. The second-order valence-electron chi connectivity index (χ2n) is 9.96. The molecule has 174 valence electrons. The number of carbonyl (C=O) groups is 1. The van der Waals surface area contributed by atoms with Crippen LogP contribution in [0, 0.1) is 0 Å². The van der Waals surface area contributed by atoms with Gasteiger partial charge in [0.2, 0.25) is 0 Å². The summed E-state index contributed by atoms with van der Waals surface area (Å²) in [7, 11) is 0. The highest BCUT2D eigenvalue weighted by atomic mass is 16.7. The number of benzene rings is 2. The van der Waals surface area contributed by atoms with Crippen LogP contribution in [0.15, 0.2) is 48.5 Å². The number of fused-ring (bicyclic) bond motifs is 5. The van der Waals surface area contributed by atoms with Gasteiger partial charge in [0.1, 0.15) is 6.61 Å². The molecule has 4 aliphatic rings. The Bertz CT molecular complexity index is 973. The highest BCUT2D eigenvalue weighted by Crippen LogP contribution is 2.45. The van der Waals surface area contributed by atoms with Crippen LogP contribution in [0.2, 0.25) is 0 Å². The maximum atomic E-state index is 13.3. The lowest BCUT2D eigenvalue weighted by molar-refractivity contribution is -0.141. The van der Waals surface area contributed by atoms with Crippen molar-refractivity contribution in [3.8, 4) is 11.1 Å². The summed E-state index contributed by atoms with van der Waals surface area (Å²) in [5.74, 6) is 0.0552. The first kappa shape index (κ1) is 21.1. The number of ether oxygens (including phenoxy) is 3. The summed E-state index contributed by atoms with van der Waals surface area (Å²) in [6.45, 7) is 1.50. The van der Waals surface area contributed by atoms with E-state index < -0.39 is 5.60 Å². The Balaban J connectivity index is 1.16. The van der Waals surface area contributed by atoms with Crippen molar-refractivity contribution < 1.29 is 24.1 Å². The van der Waals surface area contributed by atoms with Crippen molar-refractivity contribution in [2.45, 2.75) is 68.4 Å². The molecule has 2 atom stereocenters. The zero-order chi connectivity index (χ0) is 22.4. The number of aliphatic hydroxyl groups is 1. The molecule has 3 fully saturated rings. The van der Waals surface area contributed by atoms with E-state index >= 15 is 0 Å². The first-order chi connectivity index (χ1) is 16.1. The lowest BCUT2D eigenvalue weighted by Gasteiger charge is -2.51. The summed E-state index contributed by atoms with van der Waals surface area (Å²) < 4.78 is 17.1. The van der Waals surface area contributed by atoms with Crippen LogP contribution in [0.4, 0.5) is 4.79 Å². The fourth-order valence-electron chi connectivity index (χ4n) is 6.50. The molecule has 2 aromatic carbocycles. The van der Waals surface area contributed by atoms with Gasteiger partial charge in [0.25, 0.3) is 0 Å². The molecule has 3 heterocycles. The molecule has 0 radical (unpaired) electrons. The molecular weight excluding hydrogens is 418 g/mol. The summed E-state index contributed by atoms with van der Waals surface area (Å²) in [6.07, 6.45) is 3.87. The van der Waals surface area contributed by atoms with Gasteiger partial charge in [-0.25, -0.2) is 4.79 Å². The van der Waals surface area contributed by atoms with E-state index in [0.29, 0.717) is 39.1 Å². The van der Waals surface area contributed by atoms with Gasteiger partial charge in [-0.1, -0.05) is 48.5 Å². The smallest absolute Gasteiger partial charge is 0.410 e. The quantitative estimate of drug-likeness (QED) is 0.747. The molecule has 0 saturated carbocycles. The van der Waals surface area contributed by atoms with Crippen molar-refractivity contribution >= 4 is 6.09 Å². The zero-order valence-corrected chi connectivity index (χ0v) is 18.8. The summed E-state index contributed by atoms with van der Waals surface area (Å²) >= 11 is 0. The SMILES string of the molecule is O=C(OCC1c2ccccc2-c2ccccc21)N1C2CCCC1CC(O)(CC1OCCO1)C2. The van der Waals surface area contributed by atoms with Crippen LogP contribution in [-0.2, 0) is 14.2 Å². The summed E-state index contributed by atoms with van der Waals surface area (Å²) in [4.78, 5) is 15.2. The minimum Gasteiger partial charge on any atom is -0.448 e. The molecule has 3 aliphatic heterocycles. The van der Waals surface area contributed by atoms with Gasteiger partial charge >= 0.3 is 6.09 Å². The number of hydrogen-bond acceptors (Lipinski definition) is 5. The Morgan fingerprint density at radius 3 is 2.15 bits per heavy atom. The van der Waals surface area contributed by atoms with Crippen LogP contribution in [0.1, 0.15) is 55.6 Å². The highest BCUT2D eigenvalue weighted by Gasteiger charge is 2.49. The van der Waals surface area contributed by atoms with Crippen molar-refractivity contribution in [1.82, 2.24) is 4.90 Å². The Morgan fingerprint density at radius 2 is 1.55 bits per heavy atom. The van der Waals surface area contributed by atoms with Gasteiger partial charge in [-0.3, -0.25) is 0 Å². The van der Waals surface area contributed by atoms with Crippen molar-refractivity contribution in [2.24, 2.45) is 0 Å². The third-order valence-electron chi connectivity index (χ3n) is 7.88. The van der Waals surface area contributed by atoms with Gasteiger partial charge in [0, 0.05) is 24.4 Å². The lowest BCUT2D eigenvalue weighted by Crippen LogP contribution is -2.60. The first-order valence-corrected chi connectivity index (χ1v) is 12.2. The minimum atomic E-state index is -0.856. The van der Waals surface area contributed by atoms with Crippen LogP contribution in [0.3, 0.4) is 0 Å². The van der Waals surface area contributed by atoms with E-state index in [-0.39, 0.29) is 30.4 Å². The van der Waals surface area contributed by atoms with Crippen molar-refractivity contribution in [1.29, 1.82) is 0 Å². The molecule has 33 heavy (non-hydrogen) atoms. The predicted octanol–water partition coefficient (Wildman–Crippen LogP) is 4.45. The standard InChI is InChI=1S/C27H31NO5/c29-26(33-17-24-22-10-3-1-8-20(22)21-9-2-4-11-23(21)24)28-18-6-5-7-19(28)15-27(30,14-18)16-25-31-12-13-32-25/h1-4,8-11,18-19,24-25,30H,5-7,12-17H2. The van der Waals surface area contributed by atoms with Crippen LogP contribution >= 0.6 is 0 Å². The second-order valence-corrected chi connectivity index (χ2v) is 9.96. The van der Waals surface area contributed by atoms with Gasteiger partial charge < -0.3 is 24.2 Å². The monoisotopic (exact) mass is 449 g/mol. The fraction of sp³-hybridized carbons (Fsp3) is 0.519. The van der Waals surface area contributed by atoms with E-state index in [1.54, 1.807) is 0 Å². The molecule has 2 bridgehead atoms. The summed E-state index contributed by atoms with van der Waals surface area (Å²) in [5.41, 5.74) is 4.04. The number of carbonyl (C=O) groups excluding carboxylic acids is 1. The van der Waals surface area contributed by atoms with Crippen LogP contribution in [0.25, 0.3) is 11.1 Å². The Labute approximate surface area is 194 Å². The van der Waals surface area contributed by atoms with Crippen molar-refractivity contribution in [3.63, 3.8) is 0 Å². The van der Waals surface area contributed by atoms with Crippen molar-refractivity contribution in [3.05, 3.63) is 59.7 Å². The summed E-state index contributed by atoms with van der Waals surface area (Å²) in [5, 5.41) is 11.3. The lowest BCUT2D eigenvalue weighted by atomic mass is 9.74. The molecule has 6 heteroatoms. The minimum absolute atomic E-state index is 0.000413. The van der Waals surface area contributed by atoms with E-state index in [1.807, 2.05) is 17.0 Å². The molecule has 3 saturated heterocycles. The van der Waals surface area contributed by atoms with E-state index in [9.17, 15) is 9.90 Å². The topological polar surface area (TPSA) is 68.2 Å². The molecular formula is C27H31NO5. The number of hydrogen-bond donors (Lipinski definition) is 1. The Hall–Kier alpha value is -2.41. The predicted molar refractivity (Wildman–Crippen MR) is 123 cm³/mol. The van der Waals surface area contributed by atoms with Crippen molar-refractivity contribution in [2.75, 3.05) is 19.8 Å². The Morgan fingerprint density at radius 1 is 0.970 bits per heavy atom. The molecule has 1 amide bonds. The number of piperidine rings is 2. The van der Waals surface area contributed by atoms with Crippen LogP contribution in [0.5, 0.6) is 0 Å². The number of rotatable bonds is 4. The normalized spacial score (nSPS) is 29.1. The molecule has 0 aromatic heterocycles. The first-order valence-electron chi connectivity index (χ1n) is 12.2. The average molecular weight is 450 g/mol. The van der Waals surface area contributed by atoms with Gasteiger partial charge in [0.05, 0.1) is 18.8 Å². The molecule has 0 spiro atoms. The fourth-order valence-corrected chi connectivity index (χ4v) is 6.50. The third-order valence-corrected chi connectivity index (χ3v) is 7.88. The number of nitrogens with zero attached hydrogens (tertiary/aromatic N) is 1. The zero-order valence-electron chi connectivity index (χ0n) is 18.8. The largest absolute Gasteiger partial charge is 0.448 e.